The largest absolute Gasteiger partial charge is 0.379 e. The average molecular weight is 494 g/mol. The fourth-order valence-corrected chi connectivity index (χ4v) is 3.84. The maximum atomic E-state index is 12.3. The van der Waals surface area contributed by atoms with E-state index in [2.05, 4.69) is 10.5 Å². The lowest BCUT2D eigenvalue weighted by atomic mass is 10.2. The zero-order valence-electron chi connectivity index (χ0n) is 15.9. The van der Waals surface area contributed by atoms with Gasteiger partial charge in [0.15, 0.2) is 0 Å². The Hall–Kier alpha value is -3.47. The van der Waals surface area contributed by atoms with E-state index in [-0.39, 0.29) is 26.9 Å². The fraction of sp³-hybridized carbons (Fsp3) is 0. The van der Waals surface area contributed by atoms with E-state index in [0.717, 1.165) is 24.3 Å². The molecule has 1 N–H and O–H groups in total. The third-order valence-corrected chi connectivity index (χ3v) is 5.79. The quantitative estimate of drug-likeness (QED) is 0.224. The highest BCUT2D eigenvalue weighted by Gasteiger charge is 2.18. The summed E-state index contributed by atoms with van der Waals surface area (Å²) in [6.45, 7) is 0. The number of hydrogen-bond acceptors (Lipinski definition) is 7. The van der Waals surface area contributed by atoms with Gasteiger partial charge in [0, 0.05) is 17.2 Å². The molecular formula is C20H13Cl2N3O6S. The van der Waals surface area contributed by atoms with E-state index >= 15 is 0 Å². The molecule has 0 spiro atoms. The SMILES string of the molecule is O=C(N/N=C\c1ccc(OS(=O)(=O)c2ccc([N+](=O)[O-])cc2)cc1)c1ccc(Cl)cc1Cl. The van der Waals surface area contributed by atoms with Crippen LogP contribution in [0.4, 0.5) is 5.69 Å². The topological polar surface area (TPSA) is 128 Å². The van der Waals surface area contributed by atoms with E-state index in [0.29, 0.717) is 10.6 Å². The number of nitro groups is 1. The summed E-state index contributed by atoms with van der Waals surface area (Å²) in [4.78, 5) is 21.9. The maximum Gasteiger partial charge on any atom is 0.339 e. The Balaban J connectivity index is 1.63. The molecule has 0 bridgehead atoms. The van der Waals surface area contributed by atoms with E-state index in [1.807, 2.05) is 0 Å². The Morgan fingerprint density at radius 1 is 1.03 bits per heavy atom. The minimum absolute atomic E-state index is 0.0254. The monoisotopic (exact) mass is 493 g/mol. The third kappa shape index (κ3) is 5.82. The number of hydrogen-bond donors (Lipinski definition) is 1. The highest BCUT2D eigenvalue weighted by Crippen LogP contribution is 2.22. The van der Waals surface area contributed by atoms with Gasteiger partial charge in [-0.1, -0.05) is 23.2 Å². The normalized spacial score (nSPS) is 11.3. The van der Waals surface area contributed by atoms with Crippen molar-refractivity contribution in [2.45, 2.75) is 4.90 Å². The van der Waals surface area contributed by atoms with Crippen molar-refractivity contribution in [3.8, 4) is 5.75 Å². The third-order valence-electron chi connectivity index (χ3n) is 3.98. The van der Waals surface area contributed by atoms with Crippen molar-refractivity contribution in [2.24, 2.45) is 5.10 Å². The van der Waals surface area contributed by atoms with Crippen molar-refractivity contribution in [3.63, 3.8) is 0 Å². The number of nitro benzene ring substituents is 1. The van der Waals surface area contributed by atoms with Crippen molar-refractivity contribution in [1.82, 2.24) is 5.43 Å². The lowest BCUT2D eigenvalue weighted by molar-refractivity contribution is -0.384. The van der Waals surface area contributed by atoms with Crippen LogP contribution in [0, 0.1) is 10.1 Å². The fourth-order valence-electron chi connectivity index (χ4n) is 2.42. The predicted molar refractivity (Wildman–Crippen MR) is 119 cm³/mol. The van der Waals surface area contributed by atoms with Crippen LogP contribution in [0.2, 0.25) is 10.0 Å². The van der Waals surface area contributed by atoms with Gasteiger partial charge in [0.25, 0.3) is 11.6 Å². The Bertz CT molecular complexity index is 1290. The van der Waals surface area contributed by atoms with Gasteiger partial charge in [-0.3, -0.25) is 14.9 Å². The van der Waals surface area contributed by atoms with Gasteiger partial charge in [-0.25, -0.2) is 5.43 Å². The Morgan fingerprint density at radius 3 is 2.28 bits per heavy atom. The van der Waals surface area contributed by atoms with Crippen LogP contribution >= 0.6 is 23.2 Å². The lowest BCUT2D eigenvalue weighted by Gasteiger charge is -2.07. The Kier molecular flexibility index (Phi) is 7.08. The maximum absolute atomic E-state index is 12.3. The van der Waals surface area contributed by atoms with Gasteiger partial charge in [-0.15, -0.1) is 0 Å². The van der Waals surface area contributed by atoms with Crippen LogP contribution in [0.3, 0.4) is 0 Å². The van der Waals surface area contributed by atoms with Gasteiger partial charge >= 0.3 is 10.1 Å². The Morgan fingerprint density at radius 2 is 1.69 bits per heavy atom. The summed E-state index contributed by atoms with van der Waals surface area (Å²) < 4.78 is 29.7. The zero-order valence-corrected chi connectivity index (χ0v) is 18.3. The molecule has 0 fully saturated rings. The molecule has 0 saturated carbocycles. The van der Waals surface area contributed by atoms with Gasteiger partial charge in [0.2, 0.25) is 0 Å². The summed E-state index contributed by atoms with van der Waals surface area (Å²) in [6.07, 6.45) is 1.34. The smallest absolute Gasteiger partial charge is 0.339 e. The van der Waals surface area contributed by atoms with Crippen molar-refractivity contribution in [3.05, 3.63) is 98.0 Å². The van der Waals surface area contributed by atoms with Gasteiger partial charge < -0.3 is 4.18 Å². The molecule has 0 saturated heterocycles. The molecule has 0 aromatic heterocycles. The van der Waals surface area contributed by atoms with E-state index in [9.17, 15) is 23.3 Å². The molecule has 12 heteroatoms. The van der Waals surface area contributed by atoms with E-state index in [1.165, 1.54) is 48.7 Å². The molecule has 0 aliphatic rings. The zero-order chi connectivity index (χ0) is 23.3. The molecule has 0 heterocycles. The molecule has 164 valence electrons. The van der Waals surface area contributed by atoms with Gasteiger partial charge in [-0.05, 0) is 60.2 Å². The lowest BCUT2D eigenvalue weighted by Crippen LogP contribution is -2.18. The van der Waals surface area contributed by atoms with E-state index in [1.54, 1.807) is 0 Å². The van der Waals surface area contributed by atoms with Crippen LogP contribution in [-0.4, -0.2) is 25.5 Å². The van der Waals surface area contributed by atoms with Gasteiger partial charge in [0.1, 0.15) is 10.6 Å². The second-order valence-corrected chi connectivity index (χ2v) is 8.57. The molecule has 0 aliphatic heterocycles. The number of hydrazone groups is 1. The first-order valence-electron chi connectivity index (χ1n) is 8.73. The minimum atomic E-state index is -4.17. The number of carbonyl (C=O) groups is 1. The molecular weight excluding hydrogens is 481 g/mol. The standard InChI is InChI=1S/C20H13Cl2N3O6S/c21-14-3-10-18(19(22)11-14)20(26)24-23-12-13-1-6-16(7-2-13)31-32(29,30)17-8-4-15(5-9-17)25(27)28/h1-12H,(H,24,26)/b23-12-. The highest BCUT2D eigenvalue weighted by molar-refractivity contribution is 7.87. The number of benzene rings is 3. The highest BCUT2D eigenvalue weighted by atomic mass is 35.5. The van der Waals surface area contributed by atoms with E-state index in [4.69, 9.17) is 27.4 Å². The summed E-state index contributed by atoms with van der Waals surface area (Å²) in [5.41, 5.74) is 2.84. The van der Waals surface area contributed by atoms with Crippen molar-refractivity contribution < 1.29 is 22.3 Å². The number of non-ortho nitro benzene ring substituents is 1. The first-order valence-corrected chi connectivity index (χ1v) is 10.9. The summed E-state index contributed by atoms with van der Waals surface area (Å²) in [5.74, 6) is -0.505. The van der Waals surface area contributed by atoms with Gasteiger partial charge in [0.05, 0.1) is 21.7 Å². The average Bonchev–Trinajstić information content (AvgIpc) is 2.74. The molecule has 32 heavy (non-hydrogen) atoms. The summed E-state index contributed by atoms with van der Waals surface area (Å²) in [7, 11) is -4.17. The second-order valence-electron chi connectivity index (χ2n) is 6.18. The van der Waals surface area contributed by atoms with Crippen LogP contribution in [-0.2, 0) is 10.1 Å². The van der Waals surface area contributed by atoms with Crippen LogP contribution in [0.5, 0.6) is 5.75 Å². The van der Waals surface area contributed by atoms with Crippen molar-refractivity contribution in [2.75, 3.05) is 0 Å². The van der Waals surface area contributed by atoms with Crippen molar-refractivity contribution in [1.29, 1.82) is 0 Å². The first-order chi connectivity index (χ1) is 15.2. The number of nitrogens with one attached hydrogen (secondary N) is 1. The number of carbonyl (C=O) groups excluding carboxylic acids is 1. The molecule has 0 aliphatic carbocycles. The molecule has 0 unspecified atom stereocenters. The predicted octanol–water partition coefficient (Wildman–Crippen LogP) is 4.43. The summed E-state index contributed by atoms with van der Waals surface area (Å²) >= 11 is 11.8. The summed E-state index contributed by atoms with van der Waals surface area (Å²) in [5, 5.41) is 15.1. The van der Waals surface area contributed by atoms with Gasteiger partial charge in [-0.2, -0.15) is 13.5 Å². The molecule has 0 radical (unpaired) electrons. The molecule has 3 aromatic rings. The molecule has 3 rings (SSSR count). The van der Waals surface area contributed by atoms with Crippen LogP contribution < -0.4 is 9.61 Å². The Labute approximate surface area is 192 Å². The van der Waals surface area contributed by atoms with E-state index < -0.39 is 20.9 Å². The summed E-state index contributed by atoms with van der Waals surface area (Å²) in [6, 6.07) is 14.6. The molecule has 0 atom stereocenters. The molecule has 9 nitrogen and oxygen atoms in total. The molecule has 3 aromatic carbocycles. The number of amides is 1. The number of halogens is 2. The molecule has 1 amide bonds. The van der Waals surface area contributed by atoms with Crippen molar-refractivity contribution >= 4 is 51.1 Å². The minimum Gasteiger partial charge on any atom is -0.379 e. The number of nitrogens with zero attached hydrogens (tertiary/aromatic N) is 2. The van der Waals surface area contributed by atoms with Crippen LogP contribution in [0.1, 0.15) is 15.9 Å². The van der Waals surface area contributed by atoms with Crippen LogP contribution in [0.15, 0.2) is 76.7 Å². The van der Waals surface area contributed by atoms with Crippen LogP contribution in [0.25, 0.3) is 0 Å². The number of rotatable bonds is 7. The first kappa shape index (κ1) is 23.2. The second kappa shape index (κ2) is 9.77.